The van der Waals surface area contributed by atoms with Gasteiger partial charge in [0.15, 0.2) is 0 Å². The summed E-state index contributed by atoms with van der Waals surface area (Å²) in [6, 6.07) is 2.33. The maximum Gasteiger partial charge on any atom is 0.249 e. The minimum atomic E-state index is 0.103. The molecular formula is C12H17NO2S. The molecule has 1 aromatic rings. The van der Waals surface area contributed by atoms with E-state index < -0.39 is 0 Å². The van der Waals surface area contributed by atoms with Crippen LogP contribution >= 0.6 is 11.3 Å². The molecule has 1 amide bonds. The quantitative estimate of drug-likeness (QED) is 0.809. The summed E-state index contributed by atoms with van der Waals surface area (Å²) in [6.07, 6.45) is 0.981. The predicted molar refractivity (Wildman–Crippen MR) is 64.6 cm³/mol. The van der Waals surface area contributed by atoms with E-state index in [1.54, 1.807) is 11.3 Å². The van der Waals surface area contributed by atoms with Crippen LogP contribution in [-0.4, -0.2) is 30.6 Å². The highest BCUT2D eigenvalue weighted by molar-refractivity contribution is 7.10. The molecule has 1 aliphatic heterocycles. The lowest BCUT2D eigenvalue weighted by molar-refractivity contribution is -0.138. The van der Waals surface area contributed by atoms with Gasteiger partial charge in [-0.25, -0.2) is 0 Å². The number of thiophene rings is 1. The summed E-state index contributed by atoms with van der Waals surface area (Å²) in [6.45, 7) is 5.62. The van der Waals surface area contributed by atoms with Gasteiger partial charge in [-0.2, -0.15) is 0 Å². The van der Waals surface area contributed by atoms with E-state index in [1.165, 1.54) is 10.4 Å². The fraction of sp³-hybridized carbons (Fsp3) is 0.583. The largest absolute Gasteiger partial charge is 0.372 e. The fourth-order valence-electron chi connectivity index (χ4n) is 2.12. The molecule has 0 saturated heterocycles. The molecule has 0 bridgehead atoms. The van der Waals surface area contributed by atoms with Crippen LogP contribution in [0.4, 0.5) is 0 Å². The van der Waals surface area contributed by atoms with E-state index >= 15 is 0 Å². The lowest BCUT2D eigenvalue weighted by atomic mass is 10.0. The van der Waals surface area contributed by atoms with Gasteiger partial charge in [0.25, 0.3) is 0 Å². The highest BCUT2D eigenvalue weighted by atomic mass is 32.1. The number of ether oxygens (including phenoxy) is 1. The molecule has 2 rings (SSSR count). The Hall–Kier alpha value is -0.870. The Labute approximate surface area is 100 Å². The standard InChI is InChI=1S/C12H17NO2S/c1-3-15-8-12(14)13-6-4-11-10(9(13)2)5-7-16-11/h5,7,9H,3-4,6,8H2,1-2H3. The van der Waals surface area contributed by atoms with Gasteiger partial charge in [0, 0.05) is 18.0 Å². The van der Waals surface area contributed by atoms with Crippen LogP contribution in [0.15, 0.2) is 11.4 Å². The lowest BCUT2D eigenvalue weighted by Crippen LogP contribution is -2.40. The van der Waals surface area contributed by atoms with Gasteiger partial charge in [0.2, 0.25) is 5.91 Å². The third-order valence-corrected chi connectivity index (χ3v) is 4.02. The van der Waals surface area contributed by atoms with Crippen LogP contribution in [0.3, 0.4) is 0 Å². The number of nitrogens with zero attached hydrogens (tertiary/aromatic N) is 1. The van der Waals surface area contributed by atoms with Crippen molar-refractivity contribution in [3.8, 4) is 0 Å². The van der Waals surface area contributed by atoms with E-state index in [9.17, 15) is 4.79 Å². The van der Waals surface area contributed by atoms with Gasteiger partial charge >= 0.3 is 0 Å². The summed E-state index contributed by atoms with van der Waals surface area (Å²) >= 11 is 1.79. The second kappa shape index (κ2) is 4.97. The van der Waals surface area contributed by atoms with Gasteiger partial charge < -0.3 is 9.64 Å². The van der Waals surface area contributed by atoms with Crippen molar-refractivity contribution in [2.45, 2.75) is 26.3 Å². The monoisotopic (exact) mass is 239 g/mol. The van der Waals surface area contributed by atoms with Gasteiger partial charge in [0.1, 0.15) is 6.61 Å². The zero-order chi connectivity index (χ0) is 11.5. The molecule has 0 N–H and O–H groups in total. The third-order valence-electron chi connectivity index (χ3n) is 3.03. The van der Waals surface area contributed by atoms with Crippen molar-refractivity contribution < 1.29 is 9.53 Å². The number of amides is 1. The molecule has 1 unspecified atom stereocenters. The van der Waals surface area contributed by atoms with Crippen LogP contribution in [0.1, 0.15) is 30.3 Å². The first kappa shape index (κ1) is 11.6. The average Bonchev–Trinajstić information content (AvgIpc) is 2.75. The summed E-state index contributed by atoms with van der Waals surface area (Å²) in [5, 5.41) is 2.11. The van der Waals surface area contributed by atoms with Crippen LogP contribution in [0.25, 0.3) is 0 Å². The van der Waals surface area contributed by atoms with E-state index in [0.29, 0.717) is 6.61 Å². The van der Waals surface area contributed by atoms with Crippen LogP contribution < -0.4 is 0 Å². The number of hydrogen-bond acceptors (Lipinski definition) is 3. The zero-order valence-corrected chi connectivity index (χ0v) is 10.5. The first-order valence-electron chi connectivity index (χ1n) is 5.67. The maximum absolute atomic E-state index is 11.9. The average molecular weight is 239 g/mol. The molecule has 88 valence electrons. The highest BCUT2D eigenvalue weighted by Crippen LogP contribution is 2.32. The van der Waals surface area contributed by atoms with E-state index in [4.69, 9.17) is 4.74 Å². The molecule has 0 aromatic carbocycles. The van der Waals surface area contributed by atoms with Crippen molar-refractivity contribution in [2.75, 3.05) is 19.8 Å². The Balaban J connectivity index is 2.06. The van der Waals surface area contributed by atoms with Crippen LogP contribution in [0.2, 0.25) is 0 Å². The molecule has 3 nitrogen and oxygen atoms in total. The molecule has 0 radical (unpaired) electrons. The SMILES string of the molecule is CCOCC(=O)N1CCc2sccc2C1C. The lowest BCUT2D eigenvalue weighted by Gasteiger charge is -2.33. The Kier molecular flexibility index (Phi) is 3.61. The van der Waals surface area contributed by atoms with Crippen LogP contribution in [-0.2, 0) is 16.0 Å². The van der Waals surface area contributed by atoms with Gasteiger partial charge in [-0.05, 0) is 37.3 Å². The van der Waals surface area contributed by atoms with Crippen molar-refractivity contribution in [3.05, 3.63) is 21.9 Å². The number of carbonyl (C=O) groups excluding carboxylic acids is 1. The van der Waals surface area contributed by atoms with Crippen molar-refractivity contribution in [1.29, 1.82) is 0 Å². The van der Waals surface area contributed by atoms with Crippen molar-refractivity contribution >= 4 is 17.2 Å². The second-order valence-corrected chi connectivity index (χ2v) is 4.95. The Morgan fingerprint density at radius 1 is 1.69 bits per heavy atom. The van der Waals surface area contributed by atoms with E-state index in [-0.39, 0.29) is 18.6 Å². The molecule has 0 fully saturated rings. The van der Waals surface area contributed by atoms with Gasteiger partial charge in [-0.15, -0.1) is 11.3 Å². The minimum absolute atomic E-state index is 0.103. The number of carbonyl (C=O) groups is 1. The van der Waals surface area contributed by atoms with Gasteiger partial charge in [-0.1, -0.05) is 0 Å². The van der Waals surface area contributed by atoms with Gasteiger partial charge in [0.05, 0.1) is 6.04 Å². The Morgan fingerprint density at radius 2 is 2.50 bits per heavy atom. The molecule has 0 spiro atoms. The molecular weight excluding hydrogens is 222 g/mol. The molecule has 16 heavy (non-hydrogen) atoms. The van der Waals surface area contributed by atoms with E-state index in [0.717, 1.165) is 13.0 Å². The van der Waals surface area contributed by atoms with Crippen LogP contribution in [0, 0.1) is 0 Å². The summed E-state index contributed by atoms with van der Waals surface area (Å²) in [5.41, 5.74) is 1.31. The maximum atomic E-state index is 11.9. The van der Waals surface area contributed by atoms with Crippen LogP contribution in [0.5, 0.6) is 0 Å². The Morgan fingerprint density at radius 3 is 3.25 bits per heavy atom. The fourth-order valence-corrected chi connectivity index (χ4v) is 3.09. The number of rotatable bonds is 3. The highest BCUT2D eigenvalue weighted by Gasteiger charge is 2.27. The minimum Gasteiger partial charge on any atom is -0.372 e. The molecule has 1 aromatic heterocycles. The van der Waals surface area contributed by atoms with Crippen molar-refractivity contribution in [2.24, 2.45) is 0 Å². The van der Waals surface area contributed by atoms with Crippen molar-refractivity contribution in [3.63, 3.8) is 0 Å². The third kappa shape index (κ3) is 2.13. The molecule has 1 atom stereocenters. The first-order valence-corrected chi connectivity index (χ1v) is 6.55. The van der Waals surface area contributed by atoms with Crippen molar-refractivity contribution in [1.82, 2.24) is 4.90 Å². The van der Waals surface area contributed by atoms with Gasteiger partial charge in [-0.3, -0.25) is 4.79 Å². The summed E-state index contributed by atoms with van der Waals surface area (Å²) in [7, 11) is 0. The Bertz CT molecular complexity index is 375. The molecule has 4 heteroatoms. The summed E-state index contributed by atoms with van der Waals surface area (Å²) in [4.78, 5) is 15.2. The topological polar surface area (TPSA) is 29.5 Å². The predicted octanol–water partition coefficient (Wildman–Crippen LogP) is 2.23. The number of hydrogen-bond donors (Lipinski definition) is 0. The zero-order valence-electron chi connectivity index (χ0n) is 9.73. The number of fused-ring (bicyclic) bond motifs is 1. The smallest absolute Gasteiger partial charge is 0.249 e. The molecule has 1 aliphatic rings. The molecule has 0 aliphatic carbocycles. The summed E-state index contributed by atoms with van der Waals surface area (Å²) < 4.78 is 5.18. The molecule has 0 saturated carbocycles. The summed E-state index contributed by atoms with van der Waals surface area (Å²) in [5.74, 6) is 0.103. The normalized spacial score (nSPS) is 19.6. The molecule has 2 heterocycles. The van der Waals surface area contributed by atoms with E-state index in [2.05, 4.69) is 18.4 Å². The van der Waals surface area contributed by atoms with E-state index in [1.807, 2.05) is 11.8 Å². The first-order chi connectivity index (χ1) is 7.74. The second-order valence-electron chi connectivity index (χ2n) is 3.95.